The van der Waals surface area contributed by atoms with Gasteiger partial charge in [-0.25, -0.2) is 9.67 Å². The molecule has 3 aromatic rings. The van der Waals surface area contributed by atoms with Gasteiger partial charge in [-0.15, -0.1) is 11.3 Å². The number of hydrazine groups is 1. The molecule has 2 N–H and O–H groups in total. The topological polar surface area (TPSA) is 118 Å². The third kappa shape index (κ3) is 3.89. The minimum Gasteiger partial charge on any atom is -0.378 e. The van der Waals surface area contributed by atoms with Crippen LogP contribution >= 0.6 is 11.3 Å². The quantitative estimate of drug-likeness (QED) is 0.590. The van der Waals surface area contributed by atoms with E-state index in [1.54, 1.807) is 36.6 Å². The minimum absolute atomic E-state index is 0.0552. The molecule has 0 saturated carbocycles. The van der Waals surface area contributed by atoms with Crippen molar-refractivity contribution in [3.8, 4) is 0 Å². The zero-order valence-electron chi connectivity index (χ0n) is 16.3. The van der Waals surface area contributed by atoms with Crippen LogP contribution in [0.4, 0.5) is 5.13 Å². The van der Waals surface area contributed by atoms with Crippen LogP contribution in [0.2, 0.25) is 0 Å². The summed E-state index contributed by atoms with van der Waals surface area (Å²) < 4.78 is 6.53. The van der Waals surface area contributed by atoms with Crippen LogP contribution in [0.3, 0.4) is 0 Å². The molecule has 0 atom stereocenters. The van der Waals surface area contributed by atoms with Crippen LogP contribution in [0, 0.1) is 0 Å². The van der Waals surface area contributed by atoms with Crippen molar-refractivity contribution in [3.05, 3.63) is 51.4 Å². The molecule has 1 aliphatic rings. The number of carbonyl (C=O) groups excluding carboxylic acids is 2. The summed E-state index contributed by atoms with van der Waals surface area (Å²) >= 11 is 1.36. The lowest BCUT2D eigenvalue weighted by atomic mass is 10.1. The smallest absolute Gasteiger partial charge is 0.290 e. The Morgan fingerprint density at radius 2 is 1.83 bits per heavy atom. The SMILES string of the molecule is CCn1nc(C(=O)NNC(=O)c2csc(N3CCOCC3)n2)c2ccccc2c1=O. The van der Waals surface area contributed by atoms with Crippen molar-refractivity contribution in [1.82, 2.24) is 25.6 Å². The first kappa shape index (κ1) is 20.0. The van der Waals surface area contributed by atoms with E-state index in [1.165, 1.54) is 16.0 Å². The number of amides is 2. The van der Waals surface area contributed by atoms with Crippen LogP contribution in [0.25, 0.3) is 10.8 Å². The first-order valence-corrected chi connectivity index (χ1v) is 10.3. The molecule has 30 heavy (non-hydrogen) atoms. The second-order valence-corrected chi connectivity index (χ2v) is 7.37. The van der Waals surface area contributed by atoms with Gasteiger partial charge < -0.3 is 9.64 Å². The van der Waals surface area contributed by atoms with Crippen LogP contribution in [0.1, 0.15) is 27.9 Å². The monoisotopic (exact) mass is 428 g/mol. The van der Waals surface area contributed by atoms with Gasteiger partial charge in [-0.05, 0) is 13.0 Å². The van der Waals surface area contributed by atoms with Crippen molar-refractivity contribution in [3.63, 3.8) is 0 Å². The summed E-state index contributed by atoms with van der Waals surface area (Å²) in [6.45, 7) is 4.77. The number of hydrogen-bond donors (Lipinski definition) is 2. The van der Waals surface area contributed by atoms with E-state index in [-0.39, 0.29) is 16.9 Å². The Labute approximate surface area is 175 Å². The molecule has 0 aliphatic carbocycles. The summed E-state index contributed by atoms with van der Waals surface area (Å²) in [5.41, 5.74) is 4.72. The van der Waals surface area contributed by atoms with E-state index >= 15 is 0 Å². The zero-order valence-corrected chi connectivity index (χ0v) is 17.1. The van der Waals surface area contributed by atoms with Gasteiger partial charge in [-0.3, -0.25) is 25.2 Å². The second kappa shape index (κ2) is 8.59. The number of nitrogens with one attached hydrogen (secondary N) is 2. The normalized spacial score (nSPS) is 14.0. The van der Waals surface area contributed by atoms with Gasteiger partial charge in [-0.1, -0.05) is 18.2 Å². The van der Waals surface area contributed by atoms with Gasteiger partial charge in [0.2, 0.25) is 0 Å². The maximum Gasteiger partial charge on any atom is 0.290 e. The Morgan fingerprint density at radius 1 is 1.13 bits per heavy atom. The number of anilines is 1. The second-order valence-electron chi connectivity index (χ2n) is 6.54. The number of rotatable bonds is 4. The molecule has 1 aromatic carbocycles. The number of benzene rings is 1. The number of nitrogens with zero attached hydrogens (tertiary/aromatic N) is 4. The van der Waals surface area contributed by atoms with Crippen molar-refractivity contribution in [2.45, 2.75) is 13.5 Å². The molecule has 10 nitrogen and oxygen atoms in total. The minimum atomic E-state index is -0.620. The van der Waals surface area contributed by atoms with Crippen molar-refractivity contribution in [2.75, 3.05) is 31.2 Å². The first-order chi connectivity index (χ1) is 14.6. The Morgan fingerprint density at radius 3 is 2.57 bits per heavy atom. The van der Waals surface area contributed by atoms with Gasteiger partial charge in [0.1, 0.15) is 5.69 Å². The third-order valence-corrected chi connectivity index (χ3v) is 5.58. The fraction of sp³-hybridized carbons (Fsp3) is 0.316. The van der Waals surface area contributed by atoms with Crippen molar-refractivity contribution in [1.29, 1.82) is 0 Å². The molecule has 4 rings (SSSR count). The fourth-order valence-electron chi connectivity index (χ4n) is 3.12. The lowest BCUT2D eigenvalue weighted by molar-refractivity contribution is 0.0841. The third-order valence-electron chi connectivity index (χ3n) is 4.68. The van der Waals surface area contributed by atoms with E-state index < -0.39 is 11.8 Å². The molecule has 2 amide bonds. The summed E-state index contributed by atoms with van der Waals surface area (Å²) in [4.78, 5) is 43.9. The fourth-order valence-corrected chi connectivity index (χ4v) is 3.98. The van der Waals surface area contributed by atoms with Crippen LogP contribution in [0.15, 0.2) is 34.4 Å². The largest absolute Gasteiger partial charge is 0.378 e. The summed E-state index contributed by atoms with van der Waals surface area (Å²) in [7, 11) is 0. The number of aromatic nitrogens is 3. The van der Waals surface area contributed by atoms with E-state index in [0.717, 1.165) is 18.2 Å². The van der Waals surface area contributed by atoms with Gasteiger partial charge in [-0.2, -0.15) is 5.10 Å². The molecular weight excluding hydrogens is 408 g/mol. The van der Waals surface area contributed by atoms with E-state index in [1.807, 2.05) is 4.90 Å². The average Bonchev–Trinajstić information content (AvgIpc) is 3.29. The molecule has 0 bridgehead atoms. The highest BCUT2D eigenvalue weighted by Gasteiger charge is 2.20. The van der Waals surface area contributed by atoms with Gasteiger partial charge in [0.05, 0.1) is 18.6 Å². The van der Waals surface area contributed by atoms with E-state index in [2.05, 4.69) is 20.9 Å². The van der Waals surface area contributed by atoms with E-state index in [0.29, 0.717) is 30.5 Å². The number of hydrogen-bond acceptors (Lipinski definition) is 8. The predicted octanol–water partition coefficient (Wildman–Crippen LogP) is 0.784. The molecule has 3 heterocycles. The molecule has 156 valence electrons. The number of fused-ring (bicyclic) bond motifs is 1. The van der Waals surface area contributed by atoms with Gasteiger partial charge >= 0.3 is 0 Å². The molecule has 0 spiro atoms. The first-order valence-electron chi connectivity index (χ1n) is 9.47. The summed E-state index contributed by atoms with van der Waals surface area (Å²) in [5, 5.41) is 7.32. The van der Waals surface area contributed by atoms with Crippen LogP contribution in [-0.2, 0) is 11.3 Å². The highest BCUT2D eigenvalue weighted by Crippen LogP contribution is 2.21. The molecule has 1 saturated heterocycles. The molecule has 2 aromatic heterocycles. The van der Waals surface area contributed by atoms with Crippen molar-refractivity contribution >= 4 is 39.1 Å². The zero-order chi connectivity index (χ0) is 21.1. The maximum absolute atomic E-state index is 12.7. The molecule has 1 aliphatic heterocycles. The van der Waals surface area contributed by atoms with Crippen LogP contribution < -0.4 is 21.3 Å². The van der Waals surface area contributed by atoms with E-state index in [9.17, 15) is 14.4 Å². The van der Waals surface area contributed by atoms with Gasteiger partial charge in [0.15, 0.2) is 10.8 Å². The predicted molar refractivity (Wildman–Crippen MR) is 112 cm³/mol. The molecule has 11 heteroatoms. The number of aryl methyl sites for hydroxylation is 1. The van der Waals surface area contributed by atoms with Gasteiger partial charge in [0.25, 0.3) is 17.4 Å². The average molecular weight is 428 g/mol. The number of ether oxygens (including phenoxy) is 1. The Kier molecular flexibility index (Phi) is 5.72. The summed E-state index contributed by atoms with van der Waals surface area (Å²) in [6, 6.07) is 6.73. The Bertz CT molecular complexity index is 1150. The summed E-state index contributed by atoms with van der Waals surface area (Å²) in [6.07, 6.45) is 0. The number of carbonyl (C=O) groups is 2. The maximum atomic E-state index is 12.7. The lowest BCUT2D eigenvalue weighted by Gasteiger charge is -2.25. The molecule has 0 radical (unpaired) electrons. The summed E-state index contributed by atoms with van der Waals surface area (Å²) in [5.74, 6) is -1.15. The van der Waals surface area contributed by atoms with Crippen LogP contribution in [-0.4, -0.2) is 52.9 Å². The standard InChI is InChI=1S/C19H20N6O4S/c1-2-25-18(28)13-6-4-3-5-12(13)15(23-25)17(27)22-21-16(26)14-11-30-19(20-14)24-7-9-29-10-8-24/h3-6,11H,2,7-10H2,1H3,(H,21,26)(H,22,27). The van der Waals surface area contributed by atoms with Crippen LogP contribution in [0.5, 0.6) is 0 Å². The highest BCUT2D eigenvalue weighted by atomic mass is 32.1. The van der Waals surface area contributed by atoms with Crippen molar-refractivity contribution in [2.24, 2.45) is 0 Å². The Hall–Kier alpha value is -3.31. The number of morpholine rings is 1. The number of thiazole rings is 1. The molecular formula is C19H20N6O4S. The molecule has 0 unspecified atom stereocenters. The Balaban J connectivity index is 1.49. The van der Waals surface area contributed by atoms with Crippen molar-refractivity contribution < 1.29 is 14.3 Å². The van der Waals surface area contributed by atoms with Gasteiger partial charge in [0, 0.05) is 30.4 Å². The molecule has 1 fully saturated rings. The van der Waals surface area contributed by atoms with E-state index in [4.69, 9.17) is 4.74 Å². The highest BCUT2D eigenvalue weighted by molar-refractivity contribution is 7.13. The lowest BCUT2D eigenvalue weighted by Crippen LogP contribution is -2.43.